The van der Waals surface area contributed by atoms with Crippen LogP contribution in [0.1, 0.15) is 19.4 Å². The molecule has 1 aliphatic rings. The minimum absolute atomic E-state index is 0.125. The van der Waals surface area contributed by atoms with E-state index in [2.05, 4.69) is 4.57 Å². The van der Waals surface area contributed by atoms with Crippen LogP contribution in [0.25, 0.3) is 17.0 Å². The molecule has 7 heteroatoms. The summed E-state index contributed by atoms with van der Waals surface area (Å²) in [7, 11) is 0. The molecule has 4 aromatic rings. The van der Waals surface area contributed by atoms with Gasteiger partial charge in [0.15, 0.2) is 0 Å². The third-order valence-electron chi connectivity index (χ3n) is 5.71. The molecule has 1 fully saturated rings. The van der Waals surface area contributed by atoms with Gasteiger partial charge in [-0.25, -0.2) is 4.90 Å². The van der Waals surface area contributed by atoms with Crippen molar-refractivity contribution in [1.29, 1.82) is 0 Å². The van der Waals surface area contributed by atoms with E-state index in [9.17, 15) is 9.59 Å². The number of amides is 2. The van der Waals surface area contributed by atoms with Crippen LogP contribution in [0.15, 0.2) is 90.0 Å². The number of thioether (sulfide) groups is 1. The van der Waals surface area contributed by atoms with E-state index in [1.54, 1.807) is 18.2 Å². The standard InChI is InChI=1S/C29H26N2O4S/c1-20(2)35-24-14-12-23(13-15-24)34-17-16-30-19-21(25-10-6-7-11-26(25)30)18-27-28(32)31(29(33)36-27)22-8-4-3-5-9-22/h3-15,18-20H,16-17H2,1-2H3/b27-18-. The average Bonchev–Trinajstić information content (AvgIpc) is 3.36. The molecule has 5 rings (SSSR count). The second-order valence-corrected chi connectivity index (χ2v) is 9.63. The number of carbonyl (C=O) groups is 2. The van der Waals surface area contributed by atoms with Gasteiger partial charge >= 0.3 is 0 Å². The van der Waals surface area contributed by atoms with Crippen LogP contribution in [0.3, 0.4) is 0 Å². The van der Waals surface area contributed by atoms with E-state index in [-0.39, 0.29) is 17.3 Å². The summed E-state index contributed by atoms with van der Waals surface area (Å²) in [5.41, 5.74) is 2.50. The molecule has 1 aliphatic heterocycles. The van der Waals surface area contributed by atoms with E-state index in [1.165, 1.54) is 4.90 Å². The van der Waals surface area contributed by atoms with Crippen LogP contribution in [0.4, 0.5) is 10.5 Å². The number of rotatable bonds is 8. The smallest absolute Gasteiger partial charge is 0.298 e. The molecular weight excluding hydrogens is 472 g/mol. The Morgan fingerprint density at radius 3 is 2.33 bits per heavy atom. The van der Waals surface area contributed by atoms with Crippen LogP contribution in [0.5, 0.6) is 11.5 Å². The largest absolute Gasteiger partial charge is 0.492 e. The van der Waals surface area contributed by atoms with Gasteiger partial charge in [0.25, 0.3) is 11.1 Å². The van der Waals surface area contributed by atoms with Crippen LogP contribution in [0.2, 0.25) is 0 Å². The molecule has 0 bridgehead atoms. The highest BCUT2D eigenvalue weighted by Gasteiger charge is 2.36. The Kier molecular flexibility index (Phi) is 6.82. The van der Waals surface area contributed by atoms with Crippen molar-refractivity contribution >= 4 is 45.6 Å². The van der Waals surface area contributed by atoms with Crippen molar-refractivity contribution in [3.63, 3.8) is 0 Å². The number of imide groups is 1. The Morgan fingerprint density at radius 2 is 1.58 bits per heavy atom. The van der Waals surface area contributed by atoms with E-state index in [1.807, 2.05) is 86.8 Å². The maximum Gasteiger partial charge on any atom is 0.298 e. The Morgan fingerprint density at radius 1 is 0.889 bits per heavy atom. The summed E-state index contributed by atoms with van der Waals surface area (Å²) in [4.78, 5) is 27.3. The van der Waals surface area contributed by atoms with E-state index in [4.69, 9.17) is 9.47 Å². The average molecular weight is 499 g/mol. The quantitative estimate of drug-likeness (QED) is 0.252. The third-order valence-corrected chi connectivity index (χ3v) is 6.58. The summed E-state index contributed by atoms with van der Waals surface area (Å²) in [6.07, 6.45) is 3.94. The van der Waals surface area contributed by atoms with Crippen molar-refractivity contribution < 1.29 is 19.1 Å². The summed E-state index contributed by atoms with van der Waals surface area (Å²) in [6.45, 7) is 5.10. The fourth-order valence-electron chi connectivity index (χ4n) is 4.13. The first kappa shape index (κ1) is 23.8. The predicted molar refractivity (Wildman–Crippen MR) is 145 cm³/mol. The van der Waals surface area contributed by atoms with Gasteiger partial charge in [-0.15, -0.1) is 0 Å². The number of fused-ring (bicyclic) bond motifs is 1. The Hall–Kier alpha value is -3.97. The van der Waals surface area contributed by atoms with Gasteiger partial charge < -0.3 is 14.0 Å². The molecule has 1 aromatic heterocycles. The monoisotopic (exact) mass is 498 g/mol. The molecule has 0 N–H and O–H groups in total. The molecular formula is C29H26N2O4S. The Labute approximate surface area is 214 Å². The number of hydrogen-bond acceptors (Lipinski definition) is 5. The zero-order valence-electron chi connectivity index (χ0n) is 20.1. The van der Waals surface area contributed by atoms with E-state index >= 15 is 0 Å². The lowest BCUT2D eigenvalue weighted by Gasteiger charge is -2.11. The number of aromatic nitrogens is 1. The topological polar surface area (TPSA) is 60.8 Å². The van der Waals surface area contributed by atoms with Gasteiger partial charge in [-0.1, -0.05) is 36.4 Å². The zero-order valence-corrected chi connectivity index (χ0v) is 20.9. The van der Waals surface area contributed by atoms with Crippen molar-refractivity contribution in [3.8, 4) is 11.5 Å². The van der Waals surface area contributed by atoms with Crippen molar-refractivity contribution in [2.24, 2.45) is 0 Å². The highest BCUT2D eigenvalue weighted by Crippen LogP contribution is 2.36. The summed E-state index contributed by atoms with van der Waals surface area (Å²) < 4.78 is 13.7. The second kappa shape index (κ2) is 10.3. The van der Waals surface area contributed by atoms with Gasteiger partial charge in [0, 0.05) is 22.7 Å². The fourth-order valence-corrected chi connectivity index (χ4v) is 4.96. The lowest BCUT2D eigenvalue weighted by Crippen LogP contribution is -2.27. The maximum atomic E-state index is 13.1. The molecule has 1 saturated heterocycles. The van der Waals surface area contributed by atoms with Crippen molar-refractivity contribution in [1.82, 2.24) is 4.57 Å². The summed E-state index contributed by atoms with van der Waals surface area (Å²) in [5.74, 6) is 1.29. The summed E-state index contributed by atoms with van der Waals surface area (Å²) in [6, 6.07) is 24.6. The first-order valence-electron chi connectivity index (χ1n) is 11.8. The molecule has 2 heterocycles. The molecule has 0 unspecified atom stereocenters. The first-order valence-corrected chi connectivity index (χ1v) is 12.6. The Bertz CT molecular complexity index is 1420. The number of nitrogens with zero attached hydrogens (tertiary/aromatic N) is 2. The lowest BCUT2D eigenvalue weighted by molar-refractivity contribution is -0.113. The van der Waals surface area contributed by atoms with Crippen LogP contribution >= 0.6 is 11.8 Å². The number of anilines is 1. The van der Waals surface area contributed by atoms with Crippen LogP contribution < -0.4 is 14.4 Å². The first-order chi connectivity index (χ1) is 17.5. The lowest BCUT2D eigenvalue weighted by atomic mass is 10.1. The van der Waals surface area contributed by atoms with Crippen molar-refractivity contribution in [2.75, 3.05) is 11.5 Å². The molecule has 6 nitrogen and oxygen atoms in total. The maximum absolute atomic E-state index is 13.1. The highest BCUT2D eigenvalue weighted by atomic mass is 32.2. The van der Waals surface area contributed by atoms with E-state index in [0.717, 1.165) is 39.7 Å². The molecule has 0 radical (unpaired) electrons. The molecule has 36 heavy (non-hydrogen) atoms. The third kappa shape index (κ3) is 5.02. The van der Waals surface area contributed by atoms with Gasteiger partial charge in [0.05, 0.1) is 23.2 Å². The van der Waals surface area contributed by atoms with Gasteiger partial charge in [-0.3, -0.25) is 9.59 Å². The normalized spacial score (nSPS) is 14.9. The zero-order chi connectivity index (χ0) is 25.1. The highest BCUT2D eigenvalue weighted by molar-refractivity contribution is 8.19. The molecule has 0 saturated carbocycles. The van der Waals surface area contributed by atoms with Crippen molar-refractivity contribution in [3.05, 3.63) is 95.5 Å². The summed E-state index contributed by atoms with van der Waals surface area (Å²) in [5, 5.41) is 0.721. The molecule has 0 aliphatic carbocycles. The summed E-state index contributed by atoms with van der Waals surface area (Å²) >= 11 is 0.963. The molecule has 2 amide bonds. The molecule has 182 valence electrons. The number of ether oxygens (including phenoxy) is 2. The molecule has 3 aromatic carbocycles. The Balaban J connectivity index is 1.33. The number of hydrogen-bond donors (Lipinski definition) is 0. The number of para-hydroxylation sites is 2. The predicted octanol–water partition coefficient (Wildman–Crippen LogP) is 6.75. The van der Waals surface area contributed by atoms with E-state index in [0.29, 0.717) is 23.7 Å². The molecule has 0 spiro atoms. The van der Waals surface area contributed by atoms with Crippen LogP contribution in [0, 0.1) is 0 Å². The minimum atomic E-state index is -0.304. The second-order valence-electron chi connectivity index (χ2n) is 8.63. The number of benzene rings is 3. The minimum Gasteiger partial charge on any atom is -0.492 e. The van der Waals surface area contributed by atoms with Gasteiger partial charge in [-0.2, -0.15) is 0 Å². The van der Waals surface area contributed by atoms with Gasteiger partial charge in [-0.05, 0) is 74.1 Å². The van der Waals surface area contributed by atoms with Crippen LogP contribution in [-0.4, -0.2) is 28.4 Å². The van der Waals surface area contributed by atoms with Crippen molar-refractivity contribution in [2.45, 2.75) is 26.5 Å². The van der Waals surface area contributed by atoms with Crippen LogP contribution in [-0.2, 0) is 11.3 Å². The number of carbonyl (C=O) groups excluding carboxylic acids is 2. The van der Waals surface area contributed by atoms with Gasteiger partial charge in [0.2, 0.25) is 0 Å². The van der Waals surface area contributed by atoms with E-state index < -0.39 is 0 Å². The van der Waals surface area contributed by atoms with Gasteiger partial charge in [0.1, 0.15) is 18.1 Å². The fraction of sp³-hybridized carbons (Fsp3) is 0.172. The molecule has 0 atom stereocenters. The SMILES string of the molecule is CC(C)Oc1ccc(OCCn2cc(/C=C3\SC(=O)N(c4ccccc4)C3=O)c3ccccc32)cc1.